The van der Waals surface area contributed by atoms with Crippen LogP contribution in [-0.4, -0.2) is 24.1 Å². The summed E-state index contributed by atoms with van der Waals surface area (Å²) in [6, 6.07) is 11.8. The minimum Gasteiger partial charge on any atom is -0.258 e. The lowest BCUT2D eigenvalue weighted by molar-refractivity contribution is 0.717. The molecule has 3 aromatic rings. The minimum atomic E-state index is 0.620. The van der Waals surface area contributed by atoms with Gasteiger partial charge in [-0.1, -0.05) is 18.2 Å². The monoisotopic (exact) mass is 271 g/mol. The van der Waals surface area contributed by atoms with Gasteiger partial charge in [0.05, 0.1) is 11.4 Å². The molecule has 1 aromatic carbocycles. The van der Waals surface area contributed by atoms with Crippen LogP contribution in [0.1, 0.15) is 5.69 Å². The van der Waals surface area contributed by atoms with E-state index in [9.17, 15) is 0 Å². The Bertz CT molecular complexity index is 766. The molecule has 0 bridgehead atoms. The quantitative estimate of drug-likeness (QED) is 0.672. The summed E-state index contributed by atoms with van der Waals surface area (Å²) in [6.07, 6.45) is 1.71. The fourth-order valence-electron chi connectivity index (χ4n) is 2.03. The van der Waals surface area contributed by atoms with E-state index in [1.54, 1.807) is 15.7 Å². The minimum absolute atomic E-state index is 0.620. The highest BCUT2D eigenvalue weighted by atomic mass is 32.1. The fraction of sp³-hybridized carbons (Fsp3) is 0.154. The van der Waals surface area contributed by atoms with Gasteiger partial charge in [-0.05, 0) is 31.3 Å². The lowest BCUT2D eigenvalue weighted by Crippen LogP contribution is -2.03. The van der Waals surface area contributed by atoms with E-state index in [4.69, 9.17) is 12.2 Å². The molecule has 2 heterocycles. The van der Waals surface area contributed by atoms with Crippen molar-refractivity contribution in [1.82, 2.24) is 24.1 Å². The van der Waals surface area contributed by atoms with E-state index in [-0.39, 0.29) is 0 Å². The van der Waals surface area contributed by atoms with Gasteiger partial charge in [-0.25, -0.2) is 4.68 Å². The number of hydrogen-bond donors (Lipinski definition) is 0. The van der Waals surface area contributed by atoms with Crippen LogP contribution in [0.5, 0.6) is 0 Å². The Hall–Kier alpha value is -2.21. The summed E-state index contributed by atoms with van der Waals surface area (Å²) < 4.78 is 6.00. The first kappa shape index (κ1) is 11.9. The molecule has 5 nitrogen and oxygen atoms in total. The van der Waals surface area contributed by atoms with Crippen LogP contribution in [0.15, 0.2) is 42.7 Å². The van der Waals surface area contributed by atoms with Crippen molar-refractivity contribution in [2.45, 2.75) is 6.92 Å². The highest BCUT2D eigenvalue weighted by Crippen LogP contribution is 2.12. The third-order valence-electron chi connectivity index (χ3n) is 2.89. The Labute approximate surface area is 115 Å². The Morgan fingerprint density at radius 2 is 1.89 bits per heavy atom. The van der Waals surface area contributed by atoms with Crippen LogP contribution in [0.3, 0.4) is 0 Å². The largest absolute Gasteiger partial charge is 0.258 e. The Morgan fingerprint density at radius 1 is 1.16 bits per heavy atom. The molecule has 0 N–H and O–H groups in total. The van der Waals surface area contributed by atoms with E-state index >= 15 is 0 Å². The molecule has 0 atom stereocenters. The number of hydrogen-bond acceptors (Lipinski definition) is 3. The molecule has 0 radical (unpaired) electrons. The second kappa shape index (κ2) is 4.47. The average molecular weight is 271 g/mol. The molecule has 0 spiro atoms. The second-order valence-electron chi connectivity index (χ2n) is 4.30. The van der Waals surface area contributed by atoms with Gasteiger partial charge < -0.3 is 0 Å². The summed E-state index contributed by atoms with van der Waals surface area (Å²) in [5.41, 5.74) is 1.90. The zero-order valence-corrected chi connectivity index (χ0v) is 11.5. The SMILES string of the molecule is Cc1cc(-n2cnn(-c3ccccc3)c2=S)n(C)n1. The summed E-state index contributed by atoms with van der Waals surface area (Å²) in [5.74, 6) is 0.907. The summed E-state index contributed by atoms with van der Waals surface area (Å²) >= 11 is 5.48. The van der Waals surface area contributed by atoms with Gasteiger partial charge >= 0.3 is 0 Å². The van der Waals surface area contributed by atoms with Crippen LogP contribution in [0.2, 0.25) is 0 Å². The van der Waals surface area contributed by atoms with Crippen molar-refractivity contribution in [3.63, 3.8) is 0 Å². The van der Waals surface area contributed by atoms with Crippen molar-refractivity contribution in [3.05, 3.63) is 53.2 Å². The van der Waals surface area contributed by atoms with E-state index in [0.717, 1.165) is 17.2 Å². The first-order valence-corrected chi connectivity index (χ1v) is 6.31. The van der Waals surface area contributed by atoms with Gasteiger partial charge in [0.2, 0.25) is 4.77 Å². The van der Waals surface area contributed by atoms with Gasteiger partial charge in [0.15, 0.2) is 0 Å². The highest BCUT2D eigenvalue weighted by molar-refractivity contribution is 7.71. The Morgan fingerprint density at radius 3 is 2.53 bits per heavy atom. The molecule has 0 amide bonds. The van der Waals surface area contributed by atoms with Gasteiger partial charge in [0, 0.05) is 13.1 Å². The molecule has 6 heteroatoms. The van der Waals surface area contributed by atoms with Crippen LogP contribution in [-0.2, 0) is 7.05 Å². The average Bonchev–Trinajstić information content (AvgIpc) is 2.93. The first-order chi connectivity index (χ1) is 9.16. The second-order valence-corrected chi connectivity index (χ2v) is 4.66. The molecular formula is C13H13N5S. The molecule has 0 aliphatic heterocycles. The summed E-state index contributed by atoms with van der Waals surface area (Å²) in [5, 5.41) is 8.67. The van der Waals surface area contributed by atoms with E-state index in [1.165, 1.54) is 0 Å². The van der Waals surface area contributed by atoms with Crippen molar-refractivity contribution in [3.8, 4) is 11.5 Å². The van der Waals surface area contributed by atoms with Crippen LogP contribution in [0.4, 0.5) is 0 Å². The Balaban J connectivity index is 2.15. The van der Waals surface area contributed by atoms with E-state index in [0.29, 0.717) is 4.77 Å². The highest BCUT2D eigenvalue weighted by Gasteiger charge is 2.09. The predicted molar refractivity (Wildman–Crippen MR) is 75.2 cm³/mol. The maximum atomic E-state index is 5.48. The van der Waals surface area contributed by atoms with Gasteiger partial charge in [0.25, 0.3) is 0 Å². The number of benzene rings is 1. The van der Waals surface area contributed by atoms with E-state index in [2.05, 4.69) is 10.2 Å². The van der Waals surface area contributed by atoms with Crippen molar-refractivity contribution >= 4 is 12.2 Å². The third kappa shape index (κ3) is 2.00. The standard InChI is InChI=1S/C13H13N5S/c1-10-8-12(16(2)15-10)17-9-14-18(13(17)19)11-6-4-3-5-7-11/h3-9H,1-2H3. The van der Waals surface area contributed by atoms with Gasteiger partial charge in [-0.3, -0.25) is 9.25 Å². The maximum absolute atomic E-state index is 5.48. The number of aromatic nitrogens is 5. The van der Waals surface area contributed by atoms with E-state index in [1.807, 2.05) is 54.9 Å². The number of rotatable bonds is 2. The van der Waals surface area contributed by atoms with Gasteiger partial charge in [-0.2, -0.15) is 10.2 Å². The van der Waals surface area contributed by atoms with Gasteiger partial charge in [0.1, 0.15) is 12.1 Å². The predicted octanol–water partition coefficient (Wildman–Crippen LogP) is 2.43. The van der Waals surface area contributed by atoms with Crippen molar-refractivity contribution in [1.29, 1.82) is 0 Å². The zero-order valence-electron chi connectivity index (χ0n) is 10.7. The lowest BCUT2D eigenvalue weighted by Gasteiger charge is -2.02. The third-order valence-corrected chi connectivity index (χ3v) is 3.26. The molecule has 19 heavy (non-hydrogen) atoms. The molecule has 0 aliphatic rings. The number of aryl methyl sites for hydroxylation is 2. The smallest absolute Gasteiger partial charge is 0.208 e. The topological polar surface area (TPSA) is 40.6 Å². The summed E-state index contributed by atoms with van der Waals surface area (Å²) in [4.78, 5) is 0. The van der Waals surface area contributed by atoms with Crippen LogP contribution < -0.4 is 0 Å². The first-order valence-electron chi connectivity index (χ1n) is 5.90. The van der Waals surface area contributed by atoms with Gasteiger partial charge in [-0.15, -0.1) is 0 Å². The summed E-state index contributed by atoms with van der Waals surface area (Å²) in [6.45, 7) is 1.95. The van der Waals surface area contributed by atoms with Crippen molar-refractivity contribution in [2.24, 2.45) is 7.05 Å². The molecule has 96 valence electrons. The fourth-order valence-corrected chi connectivity index (χ4v) is 2.32. The molecular weight excluding hydrogens is 258 g/mol. The van der Waals surface area contributed by atoms with Crippen LogP contribution in [0.25, 0.3) is 11.5 Å². The maximum Gasteiger partial charge on any atom is 0.208 e. The van der Waals surface area contributed by atoms with Crippen molar-refractivity contribution in [2.75, 3.05) is 0 Å². The zero-order chi connectivity index (χ0) is 13.4. The molecule has 2 aromatic heterocycles. The van der Waals surface area contributed by atoms with Crippen LogP contribution in [0, 0.1) is 11.7 Å². The van der Waals surface area contributed by atoms with Crippen LogP contribution >= 0.6 is 12.2 Å². The lowest BCUT2D eigenvalue weighted by atomic mass is 10.3. The molecule has 0 fully saturated rings. The molecule has 0 aliphatic carbocycles. The Kier molecular flexibility index (Phi) is 2.79. The molecule has 0 saturated heterocycles. The normalized spacial score (nSPS) is 10.8. The molecule has 0 unspecified atom stereocenters. The number of nitrogens with zero attached hydrogens (tertiary/aromatic N) is 5. The molecule has 3 rings (SSSR count). The van der Waals surface area contributed by atoms with Crippen molar-refractivity contribution < 1.29 is 0 Å². The number of para-hydroxylation sites is 1. The van der Waals surface area contributed by atoms with E-state index < -0.39 is 0 Å². The molecule has 0 saturated carbocycles. The summed E-state index contributed by atoms with van der Waals surface area (Å²) in [7, 11) is 1.89.